The molecule has 2 heterocycles. The summed E-state index contributed by atoms with van der Waals surface area (Å²) in [6, 6.07) is 15.8. The van der Waals surface area contributed by atoms with Crippen LogP contribution in [-0.4, -0.2) is 27.7 Å². The molecule has 3 nitrogen and oxygen atoms in total. The minimum Gasteiger partial charge on any atom is -0.475 e. The molecule has 30 heavy (non-hydrogen) atoms. The molecule has 2 unspecified atom stereocenters. The van der Waals surface area contributed by atoms with Gasteiger partial charge in [0.15, 0.2) is 4.93 Å². The van der Waals surface area contributed by atoms with Crippen LogP contribution in [0.1, 0.15) is 63.1 Å². The molecule has 2 aromatic carbocycles. The SMILES string of the molecule is CCC1(CC)Oc2ccc(C3CCC(CCc4ccccc4Br)N3CO)cc2S1.Cl. The summed E-state index contributed by atoms with van der Waals surface area (Å²) in [5.41, 5.74) is 2.65. The van der Waals surface area contributed by atoms with Crippen molar-refractivity contribution in [2.24, 2.45) is 0 Å². The number of aryl methyl sites for hydroxylation is 1. The van der Waals surface area contributed by atoms with Crippen LogP contribution in [0.3, 0.4) is 0 Å². The minimum absolute atomic E-state index is 0. The van der Waals surface area contributed by atoms with Gasteiger partial charge in [-0.3, -0.25) is 4.90 Å². The maximum absolute atomic E-state index is 10.2. The van der Waals surface area contributed by atoms with E-state index in [0.717, 1.165) is 44.3 Å². The third-order valence-corrected chi connectivity index (χ3v) is 8.88. The van der Waals surface area contributed by atoms with Crippen molar-refractivity contribution in [1.29, 1.82) is 0 Å². The third-order valence-electron chi connectivity index (χ3n) is 6.53. The summed E-state index contributed by atoms with van der Waals surface area (Å²) in [6.45, 7) is 4.51. The van der Waals surface area contributed by atoms with Crippen LogP contribution in [0.2, 0.25) is 0 Å². The van der Waals surface area contributed by atoms with Crippen molar-refractivity contribution < 1.29 is 9.84 Å². The first-order valence-electron chi connectivity index (χ1n) is 10.7. The summed E-state index contributed by atoms with van der Waals surface area (Å²) in [5, 5.41) is 10.2. The van der Waals surface area contributed by atoms with E-state index in [1.54, 1.807) is 0 Å². The molecule has 4 rings (SSSR count). The van der Waals surface area contributed by atoms with Crippen LogP contribution in [0.25, 0.3) is 0 Å². The lowest BCUT2D eigenvalue weighted by atomic mass is 10.0. The normalized spacial score (nSPS) is 22.4. The van der Waals surface area contributed by atoms with Gasteiger partial charge in [-0.1, -0.05) is 65.8 Å². The van der Waals surface area contributed by atoms with Crippen LogP contribution in [0.5, 0.6) is 5.75 Å². The second kappa shape index (κ2) is 10.3. The summed E-state index contributed by atoms with van der Waals surface area (Å²) in [5.74, 6) is 1.02. The summed E-state index contributed by atoms with van der Waals surface area (Å²) >= 11 is 5.53. The van der Waals surface area contributed by atoms with E-state index in [4.69, 9.17) is 4.74 Å². The number of aliphatic hydroxyl groups is 1. The second-order valence-electron chi connectivity index (χ2n) is 8.06. The fourth-order valence-electron chi connectivity index (χ4n) is 4.70. The van der Waals surface area contributed by atoms with E-state index in [-0.39, 0.29) is 30.1 Å². The molecule has 1 fully saturated rings. The first-order valence-corrected chi connectivity index (χ1v) is 12.3. The number of thioether (sulfide) groups is 1. The van der Waals surface area contributed by atoms with Gasteiger partial charge in [-0.25, -0.2) is 0 Å². The smallest absolute Gasteiger partial charge is 0.158 e. The number of aliphatic hydroxyl groups excluding tert-OH is 1. The molecule has 0 radical (unpaired) electrons. The molecule has 2 aliphatic rings. The molecule has 164 valence electrons. The van der Waals surface area contributed by atoms with Gasteiger partial charge in [0.1, 0.15) is 5.75 Å². The number of rotatable bonds is 7. The molecule has 1 N–H and O–H groups in total. The Labute approximate surface area is 199 Å². The fourth-order valence-corrected chi connectivity index (χ4v) is 6.41. The molecule has 0 saturated carbocycles. The number of hydrogen-bond donors (Lipinski definition) is 1. The molecule has 0 spiro atoms. The van der Waals surface area contributed by atoms with E-state index in [2.05, 4.69) is 77.1 Å². The van der Waals surface area contributed by atoms with Gasteiger partial charge in [0.25, 0.3) is 0 Å². The average Bonchev–Trinajstić information content (AvgIpc) is 3.33. The second-order valence-corrected chi connectivity index (χ2v) is 10.3. The molecule has 2 aliphatic heterocycles. The van der Waals surface area contributed by atoms with Gasteiger partial charge in [0.2, 0.25) is 0 Å². The summed E-state index contributed by atoms with van der Waals surface area (Å²) in [7, 11) is 0. The highest BCUT2D eigenvalue weighted by molar-refractivity contribution is 9.10. The zero-order valence-electron chi connectivity index (χ0n) is 17.6. The van der Waals surface area contributed by atoms with Gasteiger partial charge < -0.3 is 9.84 Å². The maximum Gasteiger partial charge on any atom is 0.158 e. The first kappa shape index (κ1) is 23.9. The molecule has 0 aliphatic carbocycles. The predicted octanol–water partition coefficient (Wildman–Crippen LogP) is 6.96. The van der Waals surface area contributed by atoms with Crippen molar-refractivity contribution in [3.05, 3.63) is 58.1 Å². The van der Waals surface area contributed by atoms with E-state index in [9.17, 15) is 5.11 Å². The highest BCUT2D eigenvalue weighted by atomic mass is 79.9. The molecule has 0 bridgehead atoms. The van der Waals surface area contributed by atoms with Gasteiger partial charge in [-0.2, -0.15) is 0 Å². The predicted molar refractivity (Wildman–Crippen MR) is 131 cm³/mol. The van der Waals surface area contributed by atoms with Crippen LogP contribution >= 0.6 is 40.1 Å². The van der Waals surface area contributed by atoms with Crippen molar-refractivity contribution >= 4 is 40.1 Å². The van der Waals surface area contributed by atoms with Crippen LogP contribution in [-0.2, 0) is 6.42 Å². The summed E-state index contributed by atoms with van der Waals surface area (Å²) < 4.78 is 7.46. The number of halogens is 2. The summed E-state index contributed by atoms with van der Waals surface area (Å²) in [4.78, 5) is 3.42. The Balaban J connectivity index is 0.00000256. The Hall–Kier alpha value is -0.720. The molecule has 0 amide bonds. The lowest BCUT2D eigenvalue weighted by molar-refractivity contribution is 0.0595. The van der Waals surface area contributed by atoms with E-state index in [0.29, 0.717) is 6.04 Å². The van der Waals surface area contributed by atoms with Crippen molar-refractivity contribution in [3.8, 4) is 5.75 Å². The number of likely N-dealkylation sites (tertiary alicyclic amines) is 1. The van der Waals surface area contributed by atoms with Crippen LogP contribution in [0.4, 0.5) is 0 Å². The lowest BCUT2D eigenvalue weighted by Gasteiger charge is -2.28. The zero-order valence-corrected chi connectivity index (χ0v) is 20.9. The highest BCUT2D eigenvalue weighted by Gasteiger charge is 2.39. The monoisotopic (exact) mass is 511 g/mol. The topological polar surface area (TPSA) is 32.7 Å². The Morgan fingerprint density at radius 2 is 1.93 bits per heavy atom. The molecule has 2 atom stereocenters. The lowest BCUT2D eigenvalue weighted by Crippen LogP contribution is -2.32. The van der Waals surface area contributed by atoms with Gasteiger partial charge in [0.05, 0.1) is 11.6 Å². The first-order chi connectivity index (χ1) is 14.1. The van der Waals surface area contributed by atoms with Gasteiger partial charge in [-0.15, -0.1) is 12.4 Å². The van der Waals surface area contributed by atoms with Crippen molar-refractivity contribution in [2.75, 3.05) is 6.73 Å². The Morgan fingerprint density at radius 1 is 1.17 bits per heavy atom. The Morgan fingerprint density at radius 3 is 2.63 bits per heavy atom. The number of hydrogen-bond acceptors (Lipinski definition) is 4. The van der Waals surface area contributed by atoms with E-state index in [1.807, 2.05) is 11.8 Å². The molecular formula is C24H31BrClNO2S. The number of benzene rings is 2. The zero-order chi connectivity index (χ0) is 20.4. The number of fused-ring (bicyclic) bond motifs is 1. The van der Waals surface area contributed by atoms with E-state index in [1.165, 1.54) is 20.5 Å². The van der Waals surface area contributed by atoms with E-state index >= 15 is 0 Å². The number of nitrogens with zero attached hydrogens (tertiary/aromatic N) is 1. The van der Waals surface area contributed by atoms with Crippen molar-refractivity contribution in [3.63, 3.8) is 0 Å². The Kier molecular flexibility index (Phi) is 8.19. The van der Waals surface area contributed by atoms with Gasteiger partial charge in [0, 0.05) is 16.6 Å². The number of ether oxygens (including phenoxy) is 1. The summed E-state index contributed by atoms with van der Waals surface area (Å²) in [6.07, 6.45) is 6.32. The molecule has 0 aromatic heterocycles. The quantitative estimate of drug-likeness (QED) is 0.435. The minimum atomic E-state index is -0.112. The average molecular weight is 513 g/mol. The highest BCUT2D eigenvalue weighted by Crippen LogP contribution is 2.52. The maximum atomic E-state index is 10.2. The van der Waals surface area contributed by atoms with Gasteiger partial charge in [-0.05, 0) is 67.9 Å². The molecule has 1 saturated heterocycles. The van der Waals surface area contributed by atoms with Crippen LogP contribution in [0, 0.1) is 0 Å². The van der Waals surface area contributed by atoms with Crippen LogP contribution in [0.15, 0.2) is 51.8 Å². The van der Waals surface area contributed by atoms with Crippen LogP contribution < -0.4 is 4.74 Å². The standard InChI is InChI=1S/C24H30BrNO2S.ClH/c1-3-24(4-2)28-22-14-10-18(15-23(22)29-24)21-13-12-19(26(21)16-27)11-9-17-7-5-6-8-20(17)25;/h5-8,10,14-15,19,21,27H,3-4,9,11-13,16H2,1-2H3;1H. The molecular weight excluding hydrogens is 482 g/mol. The van der Waals surface area contributed by atoms with Crippen molar-refractivity contribution in [1.82, 2.24) is 4.90 Å². The molecule has 6 heteroatoms. The molecule has 2 aromatic rings. The third kappa shape index (κ3) is 4.71. The van der Waals surface area contributed by atoms with Gasteiger partial charge >= 0.3 is 0 Å². The van der Waals surface area contributed by atoms with Crippen molar-refractivity contribution in [2.45, 2.75) is 74.3 Å². The van der Waals surface area contributed by atoms with E-state index < -0.39 is 0 Å². The Bertz CT molecular complexity index is 861. The largest absolute Gasteiger partial charge is 0.475 e. The fraction of sp³-hybridized carbons (Fsp3) is 0.500.